The molecule has 0 aliphatic carbocycles. The molecule has 0 unspecified atom stereocenters. The number of carbonyl (C=O) groups is 1. The fourth-order valence-electron chi connectivity index (χ4n) is 2.81. The lowest BCUT2D eigenvalue weighted by molar-refractivity contribution is 0.102. The molecule has 7 heteroatoms. The highest BCUT2D eigenvalue weighted by Crippen LogP contribution is 2.33. The molecule has 0 spiro atoms. The van der Waals surface area contributed by atoms with E-state index in [1.165, 1.54) is 12.1 Å². The van der Waals surface area contributed by atoms with E-state index in [0.717, 1.165) is 5.56 Å². The van der Waals surface area contributed by atoms with Crippen LogP contribution in [0.25, 0.3) is 22.6 Å². The van der Waals surface area contributed by atoms with Crippen molar-refractivity contribution in [3.8, 4) is 17.2 Å². The van der Waals surface area contributed by atoms with Crippen molar-refractivity contribution >= 4 is 45.9 Å². The van der Waals surface area contributed by atoms with Gasteiger partial charge in [-0.15, -0.1) is 0 Å². The van der Waals surface area contributed by atoms with E-state index >= 15 is 0 Å². The van der Waals surface area contributed by atoms with Crippen molar-refractivity contribution in [2.24, 2.45) is 0 Å². The third-order valence-corrected chi connectivity index (χ3v) is 4.75. The van der Waals surface area contributed by atoms with Crippen LogP contribution in [0.3, 0.4) is 0 Å². The third-order valence-electron chi connectivity index (χ3n) is 4.20. The first kappa shape index (κ1) is 18.3. The van der Waals surface area contributed by atoms with Gasteiger partial charge in [0, 0.05) is 10.7 Å². The molecule has 0 radical (unpaired) electrons. The zero-order valence-electron chi connectivity index (χ0n) is 14.7. The minimum Gasteiger partial charge on any atom is -0.507 e. The lowest BCUT2D eigenvalue weighted by atomic mass is 10.1. The van der Waals surface area contributed by atoms with Crippen LogP contribution in [-0.2, 0) is 0 Å². The second-order valence-corrected chi connectivity index (χ2v) is 7.14. The van der Waals surface area contributed by atoms with E-state index in [1.54, 1.807) is 24.3 Å². The molecule has 0 bridgehead atoms. The number of aromatic nitrogens is 1. The molecule has 4 rings (SSSR count). The summed E-state index contributed by atoms with van der Waals surface area (Å²) in [6.45, 7) is 1.96. The first-order valence-electron chi connectivity index (χ1n) is 8.38. The number of amides is 1. The van der Waals surface area contributed by atoms with E-state index in [9.17, 15) is 9.90 Å². The molecule has 140 valence electrons. The Balaban J connectivity index is 1.67. The normalized spacial score (nSPS) is 11.0. The number of hydrogen-bond donors (Lipinski definition) is 2. The van der Waals surface area contributed by atoms with Crippen LogP contribution in [0.2, 0.25) is 10.0 Å². The minimum atomic E-state index is -0.397. The highest BCUT2D eigenvalue weighted by atomic mass is 35.5. The SMILES string of the molecule is Cc1ccc2oc(-c3cc(NC(=O)c4ccc(Cl)cc4Cl)ccc3O)nc2c1. The van der Waals surface area contributed by atoms with Crippen molar-refractivity contribution in [3.63, 3.8) is 0 Å². The van der Waals surface area contributed by atoms with Crippen LogP contribution >= 0.6 is 23.2 Å². The Morgan fingerprint density at radius 1 is 1.07 bits per heavy atom. The largest absolute Gasteiger partial charge is 0.507 e. The number of fused-ring (bicyclic) bond motifs is 1. The number of aryl methyl sites for hydroxylation is 1. The van der Waals surface area contributed by atoms with Gasteiger partial charge in [-0.3, -0.25) is 4.79 Å². The molecule has 0 aliphatic heterocycles. The predicted octanol–water partition coefficient (Wildman–Crippen LogP) is 6.07. The molecule has 0 aliphatic rings. The fraction of sp³-hybridized carbons (Fsp3) is 0.0476. The van der Waals surface area contributed by atoms with E-state index in [0.29, 0.717) is 27.4 Å². The van der Waals surface area contributed by atoms with Gasteiger partial charge in [-0.1, -0.05) is 29.3 Å². The molecule has 2 N–H and O–H groups in total. The van der Waals surface area contributed by atoms with E-state index in [1.807, 2.05) is 25.1 Å². The Morgan fingerprint density at radius 2 is 1.89 bits per heavy atom. The summed E-state index contributed by atoms with van der Waals surface area (Å²) in [5.41, 5.74) is 3.48. The molecule has 1 heterocycles. The number of anilines is 1. The average molecular weight is 413 g/mol. The van der Waals surface area contributed by atoms with Crippen molar-refractivity contribution in [1.29, 1.82) is 0 Å². The number of hydrogen-bond acceptors (Lipinski definition) is 4. The van der Waals surface area contributed by atoms with Gasteiger partial charge in [0.25, 0.3) is 5.91 Å². The number of oxazole rings is 1. The van der Waals surface area contributed by atoms with Crippen LogP contribution in [0, 0.1) is 6.92 Å². The fourth-order valence-corrected chi connectivity index (χ4v) is 3.30. The number of halogens is 2. The number of rotatable bonds is 3. The molecule has 28 heavy (non-hydrogen) atoms. The summed E-state index contributed by atoms with van der Waals surface area (Å²) in [7, 11) is 0. The lowest BCUT2D eigenvalue weighted by Gasteiger charge is -2.09. The van der Waals surface area contributed by atoms with Gasteiger partial charge < -0.3 is 14.8 Å². The van der Waals surface area contributed by atoms with E-state index in [4.69, 9.17) is 27.6 Å². The van der Waals surface area contributed by atoms with Gasteiger partial charge in [0.2, 0.25) is 5.89 Å². The van der Waals surface area contributed by atoms with Gasteiger partial charge in [0.1, 0.15) is 11.3 Å². The lowest BCUT2D eigenvalue weighted by Crippen LogP contribution is -2.12. The summed E-state index contributed by atoms with van der Waals surface area (Å²) in [6.07, 6.45) is 0. The van der Waals surface area contributed by atoms with Crippen LogP contribution in [0.4, 0.5) is 5.69 Å². The standard InChI is InChI=1S/C21H14Cl2N2O3/c1-11-2-7-19-17(8-11)25-21(28-19)15-10-13(4-6-18(15)26)24-20(27)14-5-3-12(22)9-16(14)23/h2-10,26H,1H3,(H,24,27). The summed E-state index contributed by atoms with van der Waals surface area (Å²) in [5.74, 6) is -0.143. The molecule has 0 fully saturated rings. The predicted molar refractivity (Wildman–Crippen MR) is 110 cm³/mol. The van der Waals surface area contributed by atoms with E-state index in [2.05, 4.69) is 10.3 Å². The van der Waals surface area contributed by atoms with Crippen molar-refractivity contribution in [3.05, 3.63) is 75.8 Å². The molecule has 0 saturated carbocycles. The Morgan fingerprint density at radius 3 is 2.68 bits per heavy atom. The maximum atomic E-state index is 12.5. The topological polar surface area (TPSA) is 75.4 Å². The molecule has 0 saturated heterocycles. The van der Waals surface area contributed by atoms with Gasteiger partial charge in [0.15, 0.2) is 5.58 Å². The molecule has 4 aromatic rings. The van der Waals surface area contributed by atoms with Gasteiger partial charge >= 0.3 is 0 Å². The van der Waals surface area contributed by atoms with Crippen LogP contribution < -0.4 is 5.32 Å². The van der Waals surface area contributed by atoms with Crippen molar-refractivity contribution < 1.29 is 14.3 Å². The quantitative estimate of drug-likeness (QED) is 0.400. The monoisotopic (exact) mass is 412 g/mol. The average Bonchev–Trinajstić information content (AvgIpc) is 3.06. The van der Waals surface area contributed by atoms with Gasteiger partial charge in [0.05, 0.1) is 16.1 Å². The number of nitrogens with one attached hydrogen (secondary N) is 1. The Bertz CT molecular complexity index is 1220. The Kier molecular flexibility index (Phi) is 4.71. The van der Waals surface area contributed by atoms with Gasteiger partial charge in [-0.25, -0.2) is 4.98 Å². The molecule has 1 aromatic heterocycles. The van der Waals surface area contributed by atoms with Crippen molar-refractivity contribution in [2.45, 2.75) is 6.92 Å². The third kappa shape index (κ3) is 3.54. The zero-order valence-corrected chi connectivity index (χ0v) is 16.2. The van der Waals surface area contributed by atoms with Crippen LogP contribution in [0.1, 0.15) is 15.9 Å². The summed E-state index contributed by atoms with van der Waals surface area (Å²) in [5, 5.41) is 13.7. The van der Waals surface area contributed by atoms with E-state index in [-0.39, 0.29) is 22.2 Å². The maximum absolute atomic E-state index is 12.5. The zero-order chi connectivity index (χ0) is 19.8. The van der Waals surface area contributed by atoms with Crippen molar-refractivity contribution in [2.75, 3.05) is 5.32 Å². The Hall–Kier alpha value is -3.02. The number of aromatic hydroxyl groups is 1. The first-order chi connectivity index (χ1) is 13.4. The first-order valence-corrected chi connectivity index (χ1v) is 9.13. The number of benzene rings is 3. The number of phenols is 1. The van der Waals surface area contributed by atoms with Gasteiger partial charge in [-0.05, 0) is 61.0 Å². The van der Waals surface area contributed by atoms with Gasteiger partial charge in [-0.2, -0.15) is 0 Å². The molecule has 0 atom stereocenters. The number of phenolic OH excluding ortho intramolecular Hbond substituents is 1. The van der Waals surface area contributed by atoms with Crippen LogP contribution in [-0.4, -0.2) is 16.0 Å². The molecule has 5 nitrogen and oxygen atoms in total. The van der Waals surface area contributed by atoms with Crippen LogP contribution in [0.5, 0.6) is 5.75 Å². The van der Waals surface area contributed by atoms with Crippen molar-refractivity contribution in [1.82, 2.24) is 4.98 Å². The minimum absolute atomic E-state index is 0.00852. The highest BCUT2D eigenvalue weighted by Gasteiger charge is 2.16. The summed E-state index contributed by atoms with van der Waals surface area (Å²) < 4.78 is 5.75. The van der Waals surface area contributed by atoms with Crippen LogP contribution in [0.15, 0.2) is 59.0 Å². The summed E-state index contributed by atoms with van der Waals surface area (Å²) in [4.78, 5) is 16.9. The summed E-state index contributed by atoms with van der Waals surface area (Å²) >= 11 is 12.0. The summed E-state index contributed by atoms with van der Waals surface area (Å²) in [6, 6.07) is 14.9. The highest BCUT2D eigenvalue weighted by molar-refractivity contribution is 6.37. The van der Waals surface area contributed by atoms with E-state index < -0.39 is 5.91 Å². The number of carbonyl (C=O) groups excluding carboxylic acids is 1. The Labute approximate surface area is 170 Å². The molecule has 3 aromatic carbocycles. The molecular weight excluding hydrogens is 399 g/mol. The molecule has 1 amide bonds. The number of nitrogens with zero attached hydrogens (tertiary/aromatic N) is 1. The second-order valence-electron chi connectivity index (χ2n) is 6.30. The maximum Gasteiger partial charge on any atom is 0.257 e. The smallest absolute Gasteiger partial charge is 0.257 e. The molecular formula is C21H14Cl2N2O3. The second kappa shape index (κ2) is 7.19.